The molecule has 21 heavy (non-hydrogen) atoms. The fourth-order valence-electron chi connectivity index (χ4n) is 2.84. The summed E-state index contributed by atoms with van der Waals surface area (Å²) in [6.07, 6.45) is 5.62. The van der Waals surface area contributed by atoms with E-state index in [-0.39, 0.29) is 5.60 Å². The minimum Gasteiger partial charge on any atom is -0.380 e. The van der Waals surface area contributed by atoms with Crippen LogP contribution in [-0.4, -0.2) is 28.0 Å². The number of ether oxygens (including phenoxy) is 1. The van der Waals surface area contributed by atoms with Gasteiger partial charge in [-0.25, -0.2) is 4.68 Å². The molecule has 0 radical (unpaired) electrons. The molecule has 1 saturated heterocycles. The fourth-order valence-corrected chi connectivity index (χ4v) is 3.10. The standard InChI is InChI=1S/C16H20ClN3O/c1-16(2)11-12(7-10-21-16)19-14-6-3-5-13(17)15(14)20-9-4-8-18-20/h3-6,8-9,12,19H,7,10-11H2,1-2H3. The van der Waals surface area contributed by atoms with Gasteiger partial charge in [0, 0.05) is 25.0 Å². The molecule has 0 aliphatic carbocycles. The van der Waals surface area contributed by atoms with Gasteiger partial charge in [0.2, 0.25) is 0 Å². The van der Waals surface area contributed by atoms with E-state index in [1.165, 1.54) is 0 Å². The summed E-state index contributed by atoms with van der Waals surface area (Å²) in [7, 11) is 0. The molecule has 0 saturated carbocycles. The molecule has 1 atom stereocenters. The smallest absolute Gasteiger partial charge is 0.106 e. The van der Waals surface area contributed by atoms with Crippen LogP contribution < -0.4 is 5.32 Å². The number of halogens is 1. The number of nitrogens with one attached hydrogen (secondary N) is 1. The molecule has 1 aromatic carbocycles. The quantitative estimate of drug-likeness (QED) is 0.935. The third-order valence-corrected chi connectivity index (χ3v) is 4.08. The molecular formula is C16H20ClN3O. The van der Waals surface area contributed by atoms with Gasteiger partial charge in [0.25, 0.3) is 0 Å². The van der Waals surface area contributed by atoms with E-state index >= 15 is 0 Å². The Kier molecular flexibility index (Phi) is 3.91. The van der Waals surface area contributed by atoms with E-state index in [0.717, 1.165) is 30.8 Å². The van der Waals surface area contributed by atoms with E-state index in [4.69, 9.17) is 16.3 Å². The lowest BCUT2D eigenvalue weighted by atomic mass is 9.93. The zero-order valence-electron chi connectivity index (χ0n) is 12.3. The van der Waals surface area contributed by atoms with Crippen molar-refractivity contribution in [3.8, 4) is 5.69 Å². The predicted molar refractivity (Wildman–Crippen MR) is 85.2 cm³/mol. The van der Waals surface area contributed by atoms with Crippen molar-refractivity contribution < 1.29 is 4.74 Å². The maximum atomic E-state index is 6.37. The first-order valence-corrected chi connectivity index (χ1v) is 7.62. The maximum absolute atomic E-state index is 6.37. The first-order chi connectivity index (χ1) is 10.1. The van der Waals surface area contributed by atoms with E-state index in [1.54, 1.807) is 10.9 Å². The Labute approximate surface area is 130 Å². The van der Waals surface area contributed by atoms with Crippen LogP contribution in [0, 0.1) is 0 Å². The van der Waals surface area contributed by atoms with E-state index < -0.39 is 0 Å². The third-order valence-electron chi connectivity index (χ3n) is 3.78. The summed E-state index contributed by atoms with van der Waals surface area (Å²) in [5.41, 5.74) is 1.82. The third kappa shape index (κ3) is 3.22. The number of hydrogen-bond donors (Lipinski definition) is 1. The van der Waals surface area contributed by atoms with Crippen LogP contribution in [0.25, 0.3) is 5.69 Å². The topological polar surface area (TPSA) is 39.1 Å². The Morgan fingerprint density at radius 3 is 2.95 bits per heavy atom. The first-order valence-electron chi connectivity index (χ1n) is 7.24. The lowest BCUT2D eigenvalue weighted by molar-refractivity contribution is -0.0553. The van der Waals surface area contributed by atoms with Crippen LogP contribution in [0.15, 0.2) is 36.7 Å². The Bertz CT molecular complexity index is 610. The Hall–Kier alpha value is -1.52. The summed E-state index contributed by atoms with van der Waals surface area (Å²) < 4.78 is 7.58. The molecule has 5 heteroatoms. The van der Waals surface area contributed by atoms with Crippen LogP contribution in [0.4, 0.5) is 5.69 Å². The Morgan fingerprint density at radius 2 is 2.24 bits per heavy atom. The maximum Gasteiger partial charge on any atom is 0.106 e. The highest BCUT2D eigenvalue weighted by molar-refractivity contribution is 6.33. The van der Waals surface area contributed by atoms with Crippen molar-refractivity contribution in [2.24, 2.45) is 0 Å². The molecule has 112 valence electrons. The summed E-state index contributed by atoms with van der Waals surface area (Å²) in [6, 6.07) is 8.16. The minimum absolute atomic E-state index is 0.0830. The van der Waals surface area contributed by atoms with Gasteiger partial charge in [-0.15, -0.1) is 0 Å². The summed E-state index contributed by atoms with van der Waals surface area (Å²) in [6.45, 7) is 5.04. The van der Waals surface area contributed by atoms with Crippen LogP contribution >= 0.6 is 11.6 Å². The monoisotopic (exact) mass is 305 g/mol. The second-order valence-corrected chi connectivity index (χ2v) is 6.44. The van der Waals surface area contributed by atoms with Crippen LogP contribution in [-0.2, 0) is 4.74 Å². The van der Waals surface area contributed by atoms with Gasteiger partial charge in [0.05, 0.1) is 16.3 Å². The van der Waals surface area contributed by atoms with Gasteiger partial charge in [0.15, 0.2) is 0 Å². The van der Waals surface area contributed by atoms with Gasteiger partial charge in [-0.3, -0.25) is 0 Å². The Balaban J connectivity index is 1.87. The number of hydrogen-bond acceptors (Lipinski definition) is 3. The molecule has 1 fully saturated rings. The number of anilines is 1. The molecule has 4 nitrogen and oxygen atoms in total. The van der Waals surface area contributed by atoms with E-state index in [9.17, 15) is 0 Å². The van der Waals surface area contributed by atoms with Crippen molar-refractivity contribution in [1.29, 1.82) is 0 Å². The summed E-state index contributed by atoms with van der Waals surface area (Å²) >= 11 is 6.37. The van der Waals surface area contributed by atoms with Crippen molar-refractivity contribution in [2.45, 2.75) is 38.3 Å². The zero-order valence-corrected chi connectivity index (χ0v) is 13.1. The lowest BCUT2D eigenvalue weighted by Crippen LogP contribution is -2.40. The number of aromatic nitrogens is 2. The highest BCUT2D eigenvalue weighted by Crippen LogP contribution is 2.31. The molecule has 2 aromatic rings. The van der Waals surface area contributed by atoms with Gasteiger partial charge in [-0.1, -0.05) is 17.7 Å². The molecule has 0 spiro atoms. The van der Waals surface area contributed by atoms with Crippen LogP contribution in [0.2, 0.25) is 5.02 Å². The molecule has 0 bridgehead atoms. The van der Waals surface area contributed by atoms with Crippen LogP contribution in [0.1, 0.15) is 26.7 Å². The highest BCUT2D eigenvalue weighted by Gasteiger charge is 2.29. The van der Waals surface area contributed by atoms with Gasteiger partial charge < -0.3 is 10.1 Å². The lowest BCUT2D eigenvalue weighted by Gasteiger charge is -2.36. The summed E-state index contributed by atoms with van der Waals surface area (Å²) in [5, 5.41) is 8.60. The molecule has 2 heterocycles. The average molecular weight is 306 g/mol. The van der Waals surface area contributed by atoms with Crippen molar-refractivity contribution in [3.63, 3.8) is 0 Å². The molecule has 1 aromatic heterocycles. The summed E-state index contributed by atoms with van der Waals surface area (Å²) in [4.78, 5) is 0. The fraction of sp³-hybridized carbons (Fsp3) is 0.438. The van der Waals surface area contributed by atoms with Crippen molar-refractivity contribution in [1.82, 2.24) is 9.78 Å². The number of nitrogens with zero attached hydrogens (tertiary/aromatic N) is 2. The predicted octanol–water partition coefficient (Wildman–Crippen LogP) is 3.90. The largest absolute Gasteiger partial charge is 0.380 e. The van der Waals surface area contributed by atoms with Gasteiger partial charge in [-0.2, -0.15) is 5.10 Å². The number of benzene rings is 1. The van der Waals surface area contributed by atoms with Crippen molar-refractivity contribution in [3.05, 3.63) is 41.7 Å². The van der Waals surface area contributed by atoms with Gasteiger partial charge >= 0.3 is 0 Å². The first kappa shape index (κ1) is 14.4. The highest BCUT2D eigenvalue weighted by atomic mass is 35.5. The molecule has 1 aliphatic heterocycles. The van der Waals surface area contributed by atoms with Gasteiger partial charge in [-0.05, 0) is 44.9 Å². The summed E-state index contributed by atoms with van der Waals surface area (Å²) in [5.74, 6) is 0. The second-order valence-electron chi connectivity index (χ2n) is 6.03. The molecule has 1 unspecified atom stereocenters. The van der Waals surface area contributed by atoms with Crippen LogP contribution in [0.5, 0.6) is 0 Å². The minimum atomic E-state index is -0.0830. The number of rotatable bonds is 3. The van der Waals surface area contributed by atoms with E-state index in [0.29, 0.717) is 11.1 Å². The van der Waals surface area contributed by atoms with E-state index in [2.05, 4.69) is 24.3 Å². The van der Waals surface area contributed by atoms with Crippen molar-refractivity contribution >= 4 is 17.3 Å². The molecular weight excluding hydrogens is 286 g/mol. The molecule has 1 aliphatic rings. The van der Waals surface area contributed by atoms with Gasteiger partial charge in [0.1, 0.15) is 5.69 Å². The average Bonchev–Trinajstić information content (AvgIpc) is 2.91. The normalized spacial score (nSPS) is 21.2. The molecule has 1 N–H and O–H groups in total. The second kappa shape index (κ2) is 5.70. The Morgan fingerprint density at radius 1 is 1.38 bits per heavy atom. The molecule has 3 rings (SSSR count). The van der Waals surface area contributed by atoms with E-state index in [1.807, 2.05) is 30.5 Å². The number of para-hydroxylation sites is 1. The van der Waals surface area contributed by atoms with Crippen LogP contribution in [0.3, 0.4) is 0 Å². The molecule has 0 amide bonds. The zero-order chi connectivity index (χ0) is 14.9. The SMILES string of the molecule is CC1(C)CC(Nc2cccc(Cl)c2-n2cccn2)CCO1. The van der Waals surface area contributed by atoms with Crippen molar-refractivity contribution in [2.75, 3.05) is 11.9 Å².